The molecule has 8 heteroatoms. The summed E-state index contributed by atoms with van der Waals surface area (Å²) < 4.78 is 10.6. The van der Waals surface area contributed by atoms with E-state index in [9.17, 15) is 25.5 Å². The molecule has 0 saturated carbocycles. The van der Waals surface area contributed by atoms with Crippen molar-refractivity contribution < 1.29 is 35.0 Å². The molecule has 7 N–H and O–H groups in total. The highest BCUT2D eigenvalue weighted by Crippen LogP contribution is 2.22. The van der Waals surface area contributed by atoms with Gasteiger partial charge in [0, 0.05) is 0 Å². The molecule has 0 amide bonds. The van der Waals surface area contributed by atoms with Gasteiger partial charge in [-0.3, -0.25) is 0 Å². The van der Waals surface area contributed by atoms with Crippen LogP contribution in [0.2, 0.25) is 0 Å². The van der Waals surface area contributed by atoms with Crippen LogP contribution in [0.25, 0.3) is 0 Å². The van der Waals surface area contributed by atoms with Gasteiger partial charge in [0.25, 0.3) is 0 Å². The molecule has 8 nitrogen and oxygen atoms in total. The molecule has 1 heterocycles. The van der Waals surface area contributed by atoms with E-state index in [0.717, 1.165) is 12.8 Å². The number of hydrogen-bond donors (Lipinski definition) is 6. The molecule has 1 rings (SSSR count). The average Bonchev–Trinajstić information content (AvgIpc) is 2.79. The number of allylic oxidation sites excluding steroid dienone is 1. The van der Waals surface area contributed by atoms with E-state index in [1.807, 2.05) is 6.08 Å². The van der Waals surface area contributed by atoms with Crippen LogP contribution in [0.3, 0.4) is 0 Å². The van der Waals surface area contributed by atoms with Crippen molar-refractivity contribution in [2.45, 2.75) is 127 Å². The van der Waals surface area contributed by atoms with Crippen molar-refractivity contribution >= 4 is 0 Å². The zero-order valence-corrected chi connectivity index (χ0v) is 19.7. The van der Waals surface area contributed by atoms with E-state index in [4.69, 9.17) is 15.2 Å². The Bertz CT molecular complexity index is 477. The van der Waals surface area contributed by atoms with Crippen LogP contribution in [-0.2, 0) is 9.47 Å². The quantitative estimate of drug-likeness (QED) is 0.134. The predicted octanol–water partition coefficient (Wildman–Crippen LogP) is 1.75. The molecule has 1 fully saturated rings. The first-order valence-corrected chi connectivity index (χ1v) is 12.4. The number of aliphatic hydroxyl groups excluding tert-OH is 5. The predicted molar refractivity (Wildman–Crippen MR) is 124 cm³/mol. The average molecular weight is 462 g/mol. The second-order valence-corrected chi connectivity index (χ2v) is 8.94. The van der Waals surface area contributed by atoms with Crippen molar-refractivity contribution in [1.29, 1.82) is 0 Å². The van der Waals surface area contributed by atoms with Gasteiger partial charge in [0.2, 0.25) is 0 Å². The van der Waals surface area contributed by atoms with Crippen molar-refractivity contribution in [1.82, 2.24) is 0 Å². The summed E-state index contributed by atoms with van der Waals surface area (Å²) in [4.78, 5) is 0. The van der Waals surface area contributed by atoms with Crippen LogP contribution in [0.4, 0.5) is 0 Å². The van der Waals surface area contributed by atoms with Crippen LogP contribution in [0.5, 0.6) is 0 Å². The van der Waals surface area contributed by atoms with Gasteiger partial charge in [-0.05, 0) is 12.8 Å². The summed E-state index contributed by atoms with van der Waals surface area (Å²) in [6, 6.07) is -0.740. The van der Waals surface area contributed by atoms with Crippen LogP contribution in [0, 0.1) is 0 Å². The maximum Gasteiger partial charge on any atom is 0.186 e. The second-order valence-electron chi connectivity index (χ2n) is 8.94. The molecule has 32 heavy (non-hydrogen) atoms. The van der Waals surface area contributed by atoms with Crippen molar-refractivity contribution in [3.05, 3.63) is 12.2 Å². The van der Waals surface area contributed by atoms with Gasteiger partial charge in [0.05, 0.1) is 25.4 Å². The lowest BCUT2D eigenvalue weighted by atomic mass is 9.99. The number of rotatable bonds is 18. The van der Waals surface area contributed by atoms with Gasteiger partial charge in [-0.1, -0.05) is 83.3 Å². The minimum absolute atomic E-state index is 0.118. The van der Waals surface area contributed by atoms with E-state index >= 15 is 0 Å². The minimum atomic E-state index is -1.50. The maximum atomic E-state index is 10.2. The van der Waals surface area contributed by atoms with Gasteiger partial charge in [0.1, 0.15) is 24.4 Å². The lowest BCUT2D eigenvalue weighted by Crippen LogP contribution is -2.59. The van der Waals surface area contributed by atoms with Crippen molar-refractivity contribution in [2.75, 3.05) is 13.2 Å². The number of aliphatic hydroxyl groups is 5. The van der Waals surface area contributed by atoms with E-state index in [1.165, 1.54) is 64.2 Å². The Morgan fingerprint density at radius 2 is 1.44 bits per heavy atom. The molecule has 0 radical (unpaired) electrons. The molecular weight excluding hydrogens is 414 g/mol. The fourth-order valence-electron chi connectivity index (χ4n) is 3.81. The molecule has 0 aromatic rings. The monoisotopic (exact) mass is 461 g/mol. The summed E-state index contributed by atoms with van der Waals surface area (Å²) in [7, 11) is 0. The van der Waals surface area contributed by atoms with Gasteiger partial charge >= 0.3 is 0 Å². The number of nitrogens with two attached hydrogens (primary N) is 1. The summed E-state index contributed by atoms with van der Waals surface area (Å²) in [5.41, 5.74) is 5.93. The smallest absolute Gasteiger partial charge is 0.186 e. The van der Waals surface area contributed by atoms with E-state index in [0.29, 0.717) is 0 Å². The highest BCUT2D eigenvalue weighted by molar-refractivity contribution is 4.94. The van der Waals surface area contributed by atoms with Crippen LogP contribution in [-0.4, -0.2) is 81.6 Å². The van der Waals surface area contributed by atoms with Gasteiger partial charge < -0.3 is 40.7 Å². The molecular formula is C24H47NO7. The Hall–Kier alpha value is -0.580. The molecule has 1 aliphatic heterocycles. The first kappa shape index (κ1) is 29.5. The Morgan fingerprint density at radius 1 is 0.875 bits per heavy atom. The summed E-state index contributed by atoms with van der Waals surface area (Å²) >= 11 is 0. The summed E-state index contributed by atoms with van der Waals surface area (Å²) in [6.07, 6.45) is 11.1. The van der Waals surface area contributed by atoms with E-state index in [-0.39, 0.29) is 6.61 Å². The lowest BCUT2D eigenvalue weighted by Gasteiger charge is -2.39. The molecule has 0 unspecified atom stereocenters. The summed E-state index contributed by atoms with van der Waals surface area (Å²) in [5, 5.41) is 48.8. The molecule has 190 valence electrons. The second kappa shape index (κ2) is 17.8. The maximum absolute atomic E-state index is 10.2. The standard InChI is InChI=1S/C24H47NO7/c1-2-3-4-5-6-7-8-9-10-11-12-13-14-15-19(27)18(25)17-31-24-23(30)22(29)21(28)20(16-26)32-24/h14-15,18-24,26-30H,2-13,16-17,25H2,1H3/b15-14+/t18-,19+,20+,21+,22+,23-,24+/m0/s1. The van der Waals surface area contributed by atoms with Crippen LogP contribution in [0.15, 0.2) is 12.2 Å². The van der Waals surface area contributed by atoms with Crippen molar-refractivity contribution in [2.24, 2.45) is 5.73 Å². The molecule has 7 atom stereocenters. The van der Waals surface area contributed by atoms with E-state index in [1.54, 1.807) is 6.08 Å². The summed E-state index contributed by atoms with van der Waals surface area (Å²) in [6.45, 7) is 1.60. The fourth-order valence-corrected chi connectivity index (χ4v) is 3.81. The lowest BCUT2D eigenvalue weighted by molar-refractivity contribution is -0.302. The number of ether oxygens (including phenoxy) is 2. The molecule has 0 aliphatic carbocycles. The fraction of sp³-hybridized carbons (Fsp3) is 0.917. The zero-order chi connectivity index (χ0) is 23.8. The number of unbranched alkanes of at least 4 members (excludes halogenated alkanes) is 11. The van der Waals surface area contributed by atoms with Crippen molar-refractivity contribution in [3.8, 4) is 0 Å². The van der Waals surface area contributed by atoms with Crippen LogP contribution < -0.4 is 5.73 Å². The third-order valence-corrected chi connectivity index (χ3v) is 6.05. The highest BCUT2D eigenvalue weighted by atomic mass is 16.7. The molecule has 1 saturated heterocycles. The SMILES string of the molecule is CCCCCCCCCCCCC/C=C/[C@@H](O)[C@@H](N)CO[C@@H]1O[C@H](CO)[C@@H](O)[C@@H](O)[C@@H]1O. The Labute approximate surface area is 193 Å². The Kier molecular flexibility index (Phi) is 16.4. The highest BCUT2D eigenvalue weighted by Gasteiger charge is 2.44. The van der Waals surface area contributed by atoms with Gasteiger partial charge in [-0.25, -0.2) is 0 Å². The third-order valence-electron chi connectivity index (χ3n) is 6.05. The largest absolute Gasteiger partial charge is 0.394 e. The Balaban J connectivity index is 2.10. The minimum Gasteiger partial charge on any atom is -0.394 e. The third kappa shape index (κ3) is 11.5. The molecule has 0 spiro atoms. The zero-order valence-electron chi connectivity index (χ0n) is 19.7. The van der Waals surface area contributed by atoms with Crippen LogP contribution in [0.1, 0.15) is 84.0 Å². The molecule has 0 aromatic heterocycles. The number of hydrogen-bond acceptors (Lipinski definition) is 8. The van der Waals surface area contributed by atoms with E-state index < -0.39 is 49.5 Å². The first-order chi connectivity index (χ1) is 15.4. The molecule has 0 aromatic carbocycles. The molecule has 0 bridgehead atoms. The van der Waals surface area contributed by atoms with Gasteiger partial charge in [-0.15, -0.1) is 0 Å². The normalized spacial score (nSPS) is 28.3. The van der Waals surface area contributed by atoms with Gasteiger partial charge in [0.15, 0.2) is 6.29 Å². The topological polar surface area (TPSA) is 146 Å². The van der Waals surface area contributed by atoms with E-state index in [2.05, 4.69) is 6.92 Å². The molecule has 1 aliphatic rings. The van der Waals surface area contributed by atoms with Crippen molar-refractivity contribution in [3.63, 3.8) is 0 Å². The van der Waals surface area contributed by atoms with Crippen LogP contribution >= 0.6 is 0 Å². The van der Waals surface area contributed by atoms with Gasteiger partial charge in [-0.2, -0.15) is 0 Å². The Morgan fingerprint density at radius 3 is 2.00 bits per heavy atom. The first-order valence-electron chi connectivity index (χ1n) is 12.4. The summed E-state index contributed by atoms with van der Waals surface area (Å²) in [5.74, 6) is 0.